The molecule has 0 saturated heterocycles. The summed E-state index contributed by atoms with van der Waals surface area (Å²) in [4.78, 5) is 12.1. The van der Waals surface area contributed by atoms with Gasteiger partial charge in [-0.2, -0.15) is 0 Å². The third kappa shape index (κ3) is 2.45. The topological polar surface area (TPSA) is 54.0 Å². The van der Waals surface area contributed by atoms with Crippen LogP contribution in [0, 0.1) is 0 Å². The normalized spacial score (nSPS) is 12.5. The standard InChI is InChI=1S/C17H16O5/c1-19-14-8-13-15(12(18)10-21-13)17(16(14)20-2)22-9-11-6-4-3-5-7-11/h3-8H,9-10H2,1-2H3. The Balaban J connectivity index is 2.01. The molecular weight excluding hydrogens is 284 g/mol. The molecule has 0 N–H and O–H groups in total. The van der Waals surface area contributed by atoms with Crippen LogP contribution in [0.15, 0.2) is 36.4 Å². The van der Waals surface area contributed by atoms with Gasteiger partial charge in [0.05, 0.1) is 14.2 Å². The number of rotatable bonds is 5. The van der Waals surface area contributed by atoms with E-state index in [1.54, 1.807) is 6.07 Å². The Morgan fingerprint density at radius 2 is 1.86 bits per heavy atom. The van der Waals surface area contributed by atoms with E-state index in [0.717, 1.165) is 5.56 Å². The summed E-state index contributed by atoms with van der Waals surface area (Å²) in [6.45, 7) is 0.331. The van der Waals surface area contributed by atoms with Gasteiger partial charge in [0.15, 0.2) is 18.1 Å². The van der Waals surface area contributed by atoms with Crippen molar-refractivity contribution in [2.24, 2.45) is 0 Å². The highest BCUT2D eigenvalue weighted by molar-refractivity contribution is 6.06. The van der Waals surface area contributed by atoms with Crippen molar-refractivity contribution in [1.82, 2.24) is 0 Å². The fourth-order valence-corrected chi connectivity index (χ4v) is 2.40. The van der Waals surface area contributed by atoms with Crippen molar-refractivity contribution in [2.75, 3.05) is 20.8 Å². The molecule has 0 fully saturated rings. The van der Waals surface area contributed by atoms with Gasteiger partial charge in [-0.3, -0.25) is 4.79 Å². The molecular formula is C17H16O5. The molecule has 22 heavy (non-hydrogen) atoms. The van der Waals surface area contributed by atoms with Crippen molar-refractivity contribution < 1.29 is 23.7 Å². The Bertz CT molecular complexity index is 694. The number of ether oxygens (including phenoxy) is 4. The molecule has 0 saturated carbocycles. The van der Waals surface area contributed by atoms with Gasteiger partial charge in [0.25, 0.3) is 0 Å². The Morgan fingerprint density at radius 1 is 1.09 bits per heavy atom. The lowest BCUT2D eigenvalue weighted by Crippen LogP contribution is -2.05. The molecule has 0 spiro atoms. The van der Waals surface area contributed by atoms with E-state index in [2.05, 4.69) is 0 Å². The number of methoxy groups -OCH3 is 2. The molecule has 0 aromatic heterocycles. The van der Waals surface area contributed by atoms with Crippen LogP contribution in [-0.2, 0) is 6.61 Å². The monoisotopic (exact) mass is 300 g/mol. The Hall–Kier alpha value is -2.69. The largest absolute Gasteiger partial charge is 0.493 e. The maximum Gasteiger partial charge on any atom is 0.207 e. The number of benzene rings is 2. The average molecular weight is 300 g/mol. The molecule has 5 heteroatoms. The lowest BCUT2D eigenvalue weighted by atomic mass is 10.1. The summed E-state index contributed by atoms with van der Waals surface area (Å²) >= 11 is 0. The van der Waals surface area contributed by atoms with Crippen LogP contribution in [0.2, 0.25) is 0 Å². The zero-order valence-corrected chi connectivity index (χ0v) is 12.4. The van der Waals surface area contributed by atoms with Gasteiger partial charge in [0.2, 0.25) is 11.5 Å². The van der Waals surface area contributed by atoms with Crippen LogP contribution in [-0.4, -0.2) is 26.6 Å². The highest BCUT2D eigenvalue weighted by Crippen LogP contribution is 2.47. The second-order valence-corrected chi connectivity index (χ2v) is 4.80. The van der Waals surface area contributed by atoms with E-state index in [4.69, 9.17) is 18.9 Å². The molecule has 0 amide bonds. The lowest BCUT2D eigenvalue weighted by molar-refractivity contribution is 0.0958. The number of hydrogen-bond acceptors (Lipinski definition) is 5. The Kier molecular flexibility index (Phi) is 3.87. The first-order valence-electron chi connectivity index (χ1n) is 6.86. The van der Waals surface area contributed by atoms with Crippen molar-refractivity contribution >= 4 is 5.78 Å². The third-order valence-corrected chi connectivity index (χ3v) is 3.45. The minimum absolute atomic E-state index is 0.00729. The van der Waals surface area contributed by atoms with Crippen LogP contribution < -0.4 is 18.9 Å². The molecule has 5 nitrogen and oxygen atoms in total. The maximum atomic E-state index is 12.1. The Morgan fingerprint density at radius 3 is 2.55 bits per heavy atom. The second kappa shape index (κ2) is 5.97. The van der Waals surface area contributed by atoms with E-state index in [-0.39, 0.29) is 12.4 Å². The van der Waals surface area contributed by atoms with E-state index in [1.807, 2.05) is 30.3 Å². The minimum Gasteiger partial charge on any atom is -0.493 e. The molecule has 0 aliphatic carbocycles. The molecule has 0 bridgehead atoms. The van der Waals surface area contributed by atoms with Crippen LogP contribution in [0.4, 0.5) is 0 Å². The fourth-order valence-electron chi connectivity index (χ4n) is 2.40. The summed E-state index contributed by atoms with van der Waals surface area (Å²) in [5.41, 5.74) is 1.40. The molecule has 2 aromatic carbocycles. The number of carbonyl (C=O) groups excluding carboxylic acids is 1. The van der Waals surface area contributed by atoms with Gasteiger partial charge in [-0.15, -0.1) is 0 Å². The first-order chi connectivity index (χ1) is 10.7. The first-order valence-corrected chi connectivity index (χ1v) is 6.86. The molecule has 1 heterocycles. The van der Waals surface area contributed by atoms with E-state index < -0.39 is 0 Å². The summed E-state index contributed by atoms with van der Waals surface area (Å²) in [6, 6.07) is 11.3. The summed E-state index contributed by atoms with van der Waals surface area (Å²) < 4.78 is 21.9. The van der Waals surface area contributed by atoms with Gasteiger partial charge in [0.1, 0.15) is 17.9 Å². The number of Topliss-reactive ketones (excluding diaryl/α,β-unsaturated/α-hetero) is 1. The van der Waals surface area contributed by atoms with Crippen LogP contribution in [0.25, 0.3) is 0 Å². The van der Waals surface area contributed by atoms with Gasteiger partial charge in [-0.1, -0.05) is 30.3 Å². The summed E-state index contributed by atoms with van der Waals surface area (Å²) in [7, 11) is 3.04. The number of hydrogen-bond donors (Lipinski definition) is 0. The van der Waals surface area contributed by atoms with Crippen molar-refractivity contribution in [1.29, 1.82) is 0 Å². The van der Waals surface area contributed by atoms with Gasteiger partial charge in [0, 0.05) is 6.07 Å². The van der Waals surface area contributed by atoms with Gasteiger partial charge >= 0.3 is 0 Å². The van der Waals surface area contributed by atoms with Crippen LogP contribution in [0.1, 0.15) is 15.9 Å². The highest BCUT2D eigenvalue weighted by Gasteiger charge is 2.31. The van der Waals surface area contributed by atoms with Gasteiger partial charge in [-0.25, -0.2) is 0 Å². The fraction of sp³-hybridized carbons (Fsp3) is 0.235. The first kappa shape index (κ1) is 14.3. The molecule has 0 unspecified atom stereocenters. The molecule has 0 atom stereocenters. The predicted molar refractivity (Wildman–Crippen MR) is 80.1 cm³/mol. The summed E-state index contributed by atoms with van der Waals surface area (Å²) in [6.07, 6.45) is 0. The minimum atomic E-state index is -0.126. The third-order valence-electron chi connectivity index (χ3n) is 3.45. The zero-order valence-electron chi connectivity index (χ0n) is 12.4. The predicted octanol–water partition coefficient (Wildman–Crippen LogP) is 2.86. The van der Waals surface area contributed by atoms with Crippen molar-refractivity contribution in [3.8, 4) is 23.0 Å². The highest BCUT2D eigenvalue weighted by atomic mass is 16.5. The smallest absolute Gasteiger partial charge is 0.207 e. The SMILES string of the molecule is COc1cc2c(c(OCc3ccccc3)c1OC)C(=O)CO2. The quantitative estimate of drug-likeness (QED) is 0.850. The van der Waals surface area contributed by atoms with E-state index in [9.17, 15) is 4.79 Å². The molecule has 2 aromatic rings. The van der Waals surface area contributed by atoms with Gasteiger partial charge < -0.3 is 18.9 Å². The molecule has 3 rings (SSSR count). The summed E-state index contributed by atoms with van der Waals surface area (Å²) in [5, 5.41) is 0. The van der Waals surface area contributed by atoms with Crippen molar-refractivity contribution in [2.45, 2.75) is 6.61 Å². The van der Waals surface area contributed by atoms with E-state index >= 15 is 0 Å². The molecule has 1 aliphatic rings. The second-order valence-electron chi connectivity index (χ2n) is 4.80. The van der Waals surface area contributed by atoms with Crippen molar-refractivity contribution in [3.05, 3.63) is 47.5 Å². The van der Waals surface area contributed by atoms with Crippen molar-refractivity contribution in [3.63, 3.8) is 0 Å². The number of fused-ring (bicyclic) bond motifs is 1. The lowest BCUT2D eigenvalue weighted by Gasteiger charge is -2.16. The van der Waals surface area contributed by atoms with Crippen LogP contribution in [0.3, 0.4) is 0 Å². The van der Waals surface area contributed by atoms with Gasteiger partial charge in [-0.05, 0) is 5.56 Å². The number of carbonyl (C=O) groups is 1. The maximum absolute atomic E-state index is 12.1. The number of ketones is 1. The Labute approximate surface area is 128 Å². The van der Waals surface area contributed by atoms with E-state index in [0.29, 0.717) is 35.2 Å². The average Bonchev–Trinajstić information content (AvgIpc) is 2.93. The molecule has 1 aliphatic heterocycles. The summed E-state index contributed by atoms with van der Waals surface area (Å²) in [5.74, 6) is 1.57. The van der Waals surface area contributed by atoms with Crippen LogP contribution >= 0.6 is 0 Å². The zero-order chi connectivity index (χ0) is 15.5. The molecule has 114 valence electrons. The van der Waals surface area contributed by atoms with E-state index in [1.165, 1.54) is 14.2 Å². The molecule has 0 radical (unpaired) electrons. The van der Waals surface area contributed by atoms with Crippen LogP contribution in [0.5, 0.6) is 23.0 Å².